The van der Waals surface area contributed by atoms with E-state index in [0.717, 1.165) is 18.6 Å². The second kappa shape index (κ2) is 6.38. The number of nitrogens with zero attached hydrogens (tertiary/aromatic N) is 1. The lowest BCUT2D eigenvalue weighted by Crippen LogP contribution is -2.33. The number of halogens is 1. The van der Waals surface area contributed by atoms with Crippen LogP contribution < -0.4 is 5.32 Å². The molecule has 100 valence electrons. The zero-order chi connectivity index (χ0) is 13.7. The minimum Gasteiger partial charge on any atom is -0.469 e. The van der Waals surface area contributed by atoms with E-state index >= 15 is 0 Å². The van der Waals surface area contributed by atoms with Crippen molar-refractivity contribution in [2.75, 3.05) is 0 Å². The van der Waals surface area contributed by atoms with Crippen molar-refractivity contribution in [2.24, 2.45) is 0 Å². The Bertz CT molecular complexity index is 540. The van der Waals surface area contributed by atoms with Crippen LogP contribution in [0.1, 0.15) is 29.5 Å². The zero-order valence-corrected chi connectivity index (χ0v) is 11.4. The first-order valence-electron chi connectivity index (χ1n) is 6.09. The molecule has 0 spiro atoms. The summed E-state index contributed by atoms with van der Waals surface area (Å²) < 4.78 is 5.25. The number of hydrogen-bond donors (Lipinski definition) is 1. The molecule has 2 heterocycles. The van der Waals surface area contributed by atoms with Crippen molar-refractivity contribution in [3.8, 4) is 0 Å². The fourth-order valence-electron chi connectivity index (χ4n) is 1.73. The lowest BCUT2D eigenvalue weighted by Gasteiger charge is -2.13. The van der Waals surface area contributed by atoms with Gasteiger partial charge >= 0.3 is 0 Å². The van der Waals surface area contributed by atoms with Crippen molar-refractivity contribution in [2.45, 2.75) is 25.8 Å². The summed E-state index contributed by atoms with van der Waals surface area (Å²) in [5.74, 6) is 0.713. The number of furan rings is 1. The maximum Gasteiger partial charge on any atom is 0.254 e. The van der Waals surface area contributed by atoms with Gasteiger partial charge in [0, 0.05) is 24.9 Å². The van der Waals surface area contributed by atoms with Gasteiger partial charge in [0.05, 0.1) is 16.8 Å². The first kappa shape index (κ1) is 13.6. The lowest BCUT2D eigenvalue weighted by atomic mass is 10.1. The number of nitrogens with one attached hydrogen (secondary N) is 1. The smallest absolute Gasteiger partial charge is 0.254 e. The first-order chi connectivity index (χ1) is 9.16. The van der Waals surface area contributed by atoms with Gasteiger partial charge in [-0.1, -0.05) is 11.6 Å². The third kappa shape index (κ3) is 3.83. The Morgan fingerprint density at radius 1 is 1.53 bits per heavy atom. The van der Waals surface area contributed by atoms with E-state index in [2.05, 4.69) is 10.3 Å². The van der Waals surface area contributed by atoms with Gasteiger partial charge < -0.3 is 9.73 Å². The summed E-state index contributed by atoms with van der Waals surface area (Å²) in [6, 6.07) is 5.42. The van der Waals surface area contributed by atoms with E-state index < -0.39 is 0 Å². The van der Waals surface area contributed by atoms with E-state index in [4.69, 9.17) is 16.0 Å². The Labute approximate surface area is 116 Å². The fourth-order valence-corrected chi connectivity index (χ4v) is 1.92. The summed E-state index contributed by atoms with van der Waals surface area (Å²) in [4.78, 5) is 15.9. The molecule has 0 aliphatic carbocycles. The van der Waals surface area contributed by atoms with Crippen molar-refractivity contribution < 1.29 is 9.21 Å². The molecule has 19 heavy (non-hydrogen) atoms. The zero-order valence-electron chi connectivity index (χ0n) is 10.6. The number of carbonyl (C=O) groups is 1. The van der Waals surface area contributed by atoms with Crippen LogP contribution in [0.5, 0.6) is 0 Å². The Balaban J connectivity index is 1.87. The number of aryl methyl sites for hydroxylation is 1. The van der Waals surface area contributed by atoms with Gasteiger partial charge in [-0.25, -0.2) is 0 Å². The van der Waals surface area contributed by atoms with E-state index in [1.54, 1.807) is 18.5 Å². The van der Waals surface area contributed by atoms with Gasteiger partial charge in [-0.05, 0) is 31.5 Å². The molecule has 1 N–H and O–H groups in total. The average molecular weight is 279 g/mol. The normalized spacial score (nSPS) is 12.1. The molecule has 2 aromatic rings. The minimum absolute atomic E-state index is 0.0360. The van der Waals surface area contributed by atoms with Crippen LogP contribution in [0, 0.1) is 0 Å². The van der Waals surface area contributed by atoms with Gasteiger partial charge in [0.2, 0.25) is 0 Å². The fraction of sp³-hybridized carbons (Fsp3) is 0.286. The summed E-state index contributed by atoms with van der Waals surface area (Å²) in [7, 11) is 0. The number of amides is 1. The van der Waals surface area contributed by atoms with Crippen LogP contribution >= 0.6 is 11.6 Å². The molecule has 1 atom stereocenters. The Morgan fingerprint density at radius 2 is 2.37 bits per heavy atom. The quantitative estimate of drug-likeness (QED) is 0.914. The highest BCUT2D eigenvalue weighted by Crippen LogP contribution is 2.14. The molecular weight excluding hydrogens is 264 g/mol. The standard InChI is InChI=1S/C14H15ClN2O2/c1-10(4-5-11-3-2-8-19-11)17-14(18)12-9-16-7-6-13(12)15/h2-3,6-10H,4-5H2,1H3,(H,17,18). The van der Waals surface area contributed by atoms with Crippen LogP contribution in [-0.4, -0.2) is 16.9 Å². The molecule has 0 saturated heterocycles. The van der Waals surface area contributed by atoms with Gasteiger partial charge in [-0.3, -0.25) is 9.78 Å². The van der Waals surface area contributed by atoms with Crippen molar-refractivity contribution in [1.82, 2.24) is 10.3 Å². The number of aromatic nitrogens is 1. The van der Waals surface area contributed by atoms with E-state index in [1.807, 2.05) is 19.1 Å². The maximum absolute atomic E-state index is 12.0. The second-order valence-electron chi connectivity index (χ2n) is 4.35. The molecular formula is C14H15ClN2O2. The van der Waals surface area contributed by atoms with Gasteiger partial charge in [0.1, 0.15) is 5.76 Å². The Morgan fingerprint density at radius 3 is 3.05 bits per heavy atom. The highest BCUT2D eigenvalue weighted by molar-refractivity contribution is 6.33. The van der Waals surface area contributed by atoms with Crippen molar-refractivity contribution in [1.29, 1.82) is 0 Å². The molecule has 4 nitrogen and oxygen atoms in total. The third-order valence-corrected chi connectivity index (χ3v) is 3.12. The Hall–Kier alpha value is -1.81. The largest absolute Gasteiger partial charge is 0.469 e. The van der Waals surface area contributed by atoms with Gasteiger partial charge in [0.15, 0.2) is 0 Å². The summed E-state index contributed by atoms with van der Waals surface area (Å²) >= 11 is 5.95. The summed E-state index contributed by atoms with van der Waals surface area (Å²) in [6.07, 6.45) is 6.26. The van der Waals surface area contributed by atoms with E-state index in [1.165, 1.54) is 6.20 Å². The van der Waals surface area contributed by atoms with Gasteiger partial charge in [-0.15, -0.1) is 0 Å². The van der Waals surface area contributed by atoms with Crippen LogP contribution in [0.4, 0.5) is 0 Å². The number of rotatable bonds is 5. The summed E-state index contributed by atoms with van der Waals surface area (Å²) in [6.45, 7) is 1.95. The molecule has 1 unspecified atom stereocenters. The SMILES string of the molecule is CC(CCc1ccco1)NC(=O)c1cnccc1Cl. The summed E-state index contributed by atoms with van der Waals surface area (Å²) in [5, 5.41) is 3.30. The monoisotopic (exact) mass is 278 g/mol. The van der Waals surface area contributed by atoms with Crippen molar-refractivity contribution in [3.63, 3.8) is 0 Å². The van der Waals surface area contributed by atoms with Crippen LogP contribution in [0.2, 0.25) is 5.02 Å². The van der Waals surface area contributed by atoms with E-state index in [9.17, 15) is 4.79 Å². The lowest BCUT2D eigenvalue weighted by molar-refractivity contribution is 0.0938. The number of pyridine rings is 1. The summed E-state index contributed by atoms with van der Waals surface area (Å²) in [5.41, 5.74) is 0.397. The molecule has 2 aromatic heterocycles. The second-order valence-corrected chi connectivity index (χ2v) is 4.76. The molecule has 0 radical (unpaired) electrons. The third-order valence-electron chi connectivity index (χ3n) is 2.79. The van der Waals surface area contributed by atoms with E-state index in [-0.39, 0.29) is 11.9 Å². The first-order valence-corrected chi connectivity index (χ1v) is 6.47. The van der Waals surface area contributed by atoms with Crippen LogP contribution in [-0.2, 0) is 6.42 Å². The topological polar surface area (TPSA) is 55.1 Å². The molecule has 5 heteroatoms. The molecule has 0 aliphatic rings. The molecule has 0 saturated carbocycles. The highest BCUT2D eigenvalue weighted by atomic mass is 35.5. The maximum atomic E-state index is 12.0. The predicted molar refractivity (Wildman–Crippen MR) is 73.2 cm³/mol. The molecule has 0 aromatic carbocycles. The highest BCUT2D eigenvalue weighted by Gasteiger charge is 2.13. The molecule has 0 fully saturated rings. The molecule has 0 aliphatic heterocycles. The Kier molecular flexibility index (Phi) is 4.58. The predicted octanol–water partition coefficient (Wildman–Crippen LogP) is 3.08. The van der Waals surface area contributed by atoms with Crippen LogP contribution in [0.15, 0.2) is 41.3 Å². The van der Waals surface area contributed by atoms with E-state index in [0.29, 0.717) is 10.6 Å². The molecule has 2 rings (SSSR count). The van der Waals surface area contributed by atoms with Crippen molar-refractivity contribution in [3.05, 3.63) is 53.2 Å². The molecule has 1 amide bonds. The molecule has 0 bridgehead atoms. The van der Waals surface area contributed by atoms with Gasteiger partial charge in [0.25, 0.3) is 5.91 Å². The average Bonchev–Trinajstić information content (AvgIpc) is 2.90. The van der Waals surface area contributed by atoms with Crippen LogP contribution in [0.3, 0.4) is 0 Å². The van der Waals surface area contributed by atoms with Gasteiger partial charge in [-0.2, -0.15) is 0 Å². The minimum atomic E-state index is -0.204. The number of hydrogen-bond acceptors (Lipinski definition) is 3. The van der Waals surface area contributed by atoms with Crippen molar-refractivity contribution >= 4 is 17.5 Å². The number of carbonyl (C=O) groups excluding carboxylic acids is 1. The van der Waals surface area contributed by atoms with Crippen LogP contribution in [0.25, 0.3) is 0 Å².